The van der Waals surface area contributed by atoms with E-state index in [4.69, 9.17) is 9.47 Å². The molecule has 3 rings (SSSR count). The van der Waals surface area contributed by atoms with Crippen molar-refractivity contribution in [3.63, 3.8) is 0 Å². The lowest BCUT2D eigenvalue weighted by atomic mass is 10.3. The van der Waals surface area contributed by atoms with Gasteiger partial charge in [-0.15, -0.1) is 0 Å². The van der Waals surface area contributed by atoms with Gasteiger partial charge in [-0.2, -0.15) is 0 Å². The molecular weight excluding hydrogens is 354 g/mol. The van der Waals surface area contributed by atoms with E-state index in [-0.39, 0.29) is 12.5 Å². The van der Waals surface area contributed by atoms with E-state index in [1.165, 1.54) is 0 Å². The number of fused-ring (bicyclic) bond motifs is 1. The van der Waals surface area contributed by atoms with Crippen LogP contribution in [0, 0.1) is 6.92 Å². The number of hydrogen-bond acceptors (Lipinski definition) is 4. The second kappa shape index (κ2) is 9.78. The van der Waals surface area contributed by atoms with Gasteiger partial charge in [0.05, 0.1) is 17.6 Å². The Kier molecular flexibility index (Phi) is 6.89. The van der Waals surface area contributed by atoms with Gasteiger partial charge in [-0.3, -0.25) is 4.79 Å². The summed E-state index contributed by atoms with van der Waals surface area (Å²) in [7, 11) is 0. The number of nitrogens with one attached hydrogen (secondary N) is 1. The average Bonchev–Trinajstić information content (AvgIpc) is 3.04. The summed E-state index contributed by atoms with van der Waals surface area (Å²) in [5.41, 5.74) is 2.13. The van der Waals surface area contributed by atoms with E-state index in [0.717, 1.165) is 42.0 Å². The number of ether oxygens (including phenoxy) is 2. The van der Waals surface area contributed by atoms with E-state index in [9.17, 15) is 4.79 Å². The van der Waals surface area contributed by atoms with E-state index in [1.807, 2.05) is 49.4 Å². The molecule has 1 amide bonds. The Hall–Kier alpha value is -3.02. The molecule has 1 N–H and O–H groups in total. The molecule has 0 atom stereocenters. The second-order valence-electron chi connectivity index (χ2n) is 6.61. The fraction of sp³-hybridized carbons (Fsp3) is 0.364. The first-order valence-electron chi connectivity index (χ1n) is 9.71. The predicted octanol–water partition coefficient (Wildman–Crippen LogP) is 3.72. The molecule has 0 spiro atoms. The van der Waals surface area contributed by atoms with Gasteiger partial charge in [-0.25, -0.2) is 4.98 Å². The van der Waals surface area contributed by atoms with Crippen molar-refractivity contribution in [2.45, 2.75) is 33.2 Å². The van der Waals surface area contributed by atoms with Crippen molar-refractivity contribution < 1.29 is 14.3 Å². The van der Waals surface area contributed by atoms with Crippen LogP contribution in [0.4, 0.5) is 0 Å². The second-order valence-corrected chi connectivity index (χ2v) is 6.61. The van der Waals surface area contributed by atoms with Crippen LogP contribution in [0.2, 0.25) is 0 Å². The highest BCUT2D eigenvalue weighted by Crippen LogP contribution is 2.18. The summed E-state index contributed by atoms with van der Waals surface area (Å²) in [4.78, 5) is 16.5. The Morgan fingerprint density at radius 3 is 2.54 bits per heavy atom. The van der Waals surface area contributed by atoms with Crippen LogP contribution in [0.1, 0.15) is 25.6 Å². The third-order valence-corrected chi connectivity index (χ3v) is 4.39. The number of carbonyl (C=O) groups is 1. The maximum absolute atomic E-state index is 12.0. The van der Waals surface area contributed by atoms with Crippen LogP contribution in [-0.4, -0.2) is 35.2 Å². The molecule has 1 heterocycles. The van der Waals surface area contributed by atoms with Crippen molar-refractivity contribution in [2.75, 3.05) is 19.8 Å². The minimum absolute atomic E-state index is 0.00218. The lowest BCUT2D eigenvalue weighted by Gasteiger charge is -2.10. The number of benzene rings is 2. The highest BCUT2D eigenvalue weighted by Gasteiger charge is 2.07. The number of amides is 1. The van der Waals surface area contributed by atoms with Crippen LogP contribution in [0.3, 0.4) is 0 Å². The van der Waals surface area contributed by atoms with Crippen LogP contribution in [-0.2, 0) is 11.3 Å². The lowest BCUT2D eigenvalue weighted by Crippen LogP contribution is -2.30. The standard InChI is InChI=1S/C22H27N3O3/c1-3-15-27-18-9-11-19(12-10-18)28-16-22(26)23-13-6-14-25-17(2)24-20-7-4-5-8-21(20)25/h4-5,7-12H,3,6,13-16H2,1-2H3,(H,23,26). The number of aromatic nitrogens is 2. The molecule has 6 nitrogen and oxygen atoms in total. The summed E-state index contributed by atoms with van der Waals surface area (Å²) in [5.74, 6) is 2.32. The molecule has 0 aliphatic heterocycles. The van der Waals surface area contributed by atoms with Gasteiger partial charge in [0, 0.05) is 13.1 Å². The maximum Gasteiger partial charge on any atom is 0.257 e. The number of aryl methyl sites for hydroxylation is 2. The van der Waals surface area contributed by atoms with Gasteiger partial charge in [0.15, 0.2) is 6.61 Å². The van der Waals surface area contributed by atoms with Gasteiger partial charge in [0.25, 0.3) is 5.91 Å². The number of rotatable bonds is 10. The Bertz CT molecular complexity index is 903. The van der Waals surface area contributed by atoms with Crippen molar-refractivity contribution in [3.8, 4) is 11.5 Å². The van der Waals surface area contributed by atoms with Gasteiger partial charge in [0.2, 0.25) is 0 Å². The van der Waals surface area contributed by atoms with Gasteiger partial charge in [-0.1, -0.05) is 19.1 Å². The highest BCUT2D eigenvalue weighted by molar-refractivity contribution is 5.77. The zero-order valence-corrected chi connectivity index (χ0v) is 16.5. The molecule has 2 aromatic carbocycles. The molecule has 0 aliphatic carbocycles. The Morgan fingerprint density at radius 2 is 1.79 bits per heavy atom. The van der Waals surface area contributed by atoms with Gasteiger partial charge >= 0.3 is 0 Å². The fourth-order valence-electron chi connectivity index (χ4n) is 3.00. The first kappa shape index (κ1) is 19.7. The smallest absolute Gasteiger partial charge is 0.257 e. The largest absolute Gasteiger partial charge is 0.494 e. The minimum atomic E-state index is -0.126. The normalized spacial score (nSPS) is 10.8. The fourth-order valence-corrected chi connectivity index (χ4v) is 3.00. The van der Waals surface area contributed by atoms with Crippen molar-refractivity contribution >= 4 is 16.9 Å². The minimum Gasteiger partial charge on any atom is -0.494 e. The molecule has 0 saturated heterocycles. The third-order valence-electron chi connectivity index (χ3n) is 4.39. The van der Waals surface area contributed by atoms with Crippen LogP contribution in [0.25, 0.3) is 11.0 Å². The number of carbonyl (C=O) groups excluding carboxylic acids is 1. The molecule has 148 valence electrons. The molecule has 0 radical (unpaired) electrons. The van der Waals surface area contributed by atoms with Crippen molar-refractivity contribution in [1.82, 2.24) is 14.9 Å². The number of imidazole rings is 1. The Morgan fingerprint density at radius 1 is 1.07 bits per heavy atom. The third kappa shape index (κ3) is 5.25. The summed E-state index contributed by atoms with van der Waals surface area (Å²) in [6, 6.07) is 15.4. The Balaban J connectivity index is 1.38. The molecule has 0 aliphatic rings. The number of para-hydroxylation sites is 2. The number of hydrogen-bond donors (Lipinski definition) is 1. The summed E-state index contributed by atoms with van der Waals surface area (Å²) in [5, 5.41) is 2.90. The highest BCUT2D eigenvalue weighted by atomic mass is 16.5. The monoisotopic (exact) mass is 381 g/mol. The molecule has 3 aromatic rings. The molecule has 0 saturated carbocycles. The molecular formula is C22H27N3O3. The summed E-state index contributed by atoms with van der Waals surface area (Å²) >= 11 is 0. The van der Waals surface area contributed by atoms with Gasteiger partial charge in [0.1, 0.15) is 17.3 Å². The van der Waals surface area contributed by atoms with E-state index in [1.54, 1.807) is 0 Å². The molecule has 0 fully saturated rings. The number of nitrogens with zero attached hydrogens (tertiary/aromatic N) is 2. The average molecular weight is 381 g/mol. The maximum atomic E-state index is 12.0. The van der Waals surface area contributed by atoms with Crippen molar-refractivity contribution in [1.29, 1.82) is 0 Å². The summed E-state index contributed by atoms with van der Waals surface area (Å²) < 4.78 is 13.2. The Labute approximate surface area is 165 Å². The first-order valence-corrected chi connectivity index (χ1v) is 9.71. The molecule has 0 bridgehead atoms. The van der Waals surface area contributed by atoms with Crippen LogP contribution >= 0.6 is 0 Å². The zero-order chi connectivity index (χ0) is 19.8. The van der Waals surface area contributed by atoms with E-state index >= 15 is 0 Å². The van der Waals surface area contributed by atoms with E-state index in [0.29, 0.717) is 18.9 Å². The van der Waals surface area contributed by atoms with Crippen LogP contribution < -0.4 is 14.8 Å². The zero-order valence-electron chi connectivity index (χ0n) is 16.5. The van der Waals surface area contributed by atoms with Gasteiger partial charge < -0.3 is 19.4 Å². The summed E-state index contributed by atoms with van der Waals surface area (Å²) in [6.45, 7) is 6.17. The quantitative estimate of drug-likeness (QED) is 0.544. The predicted molar refractivity (Wildman–Crippen MR) is 110 cm³/mol. The summed E-state index contributed by atoms with van der Waals surface area (Å²) in [6.07, 6.45) is 1.80. The molecule has 6 heteroatoms. The van der Waals surface area contributed by atoms with Crippen molar-refractivity contribution in [3.05, 3.63) is 54.4 Å². The molecule has 0 unspecified atom stereocenters. The van der Waals surface area contributed by atoms with E-state index < -0.39 is 0 Å². The van der Waals surface area contributed by atoms with Crippen LogP contribution in [0.15, 0.2) is 48.5 Å². The first-order chi connectivity index (χ1) is 13.7. The molecule has 28 heavy (non-hydrogen) atoms. The topological polar surface area (TPSA) is 65.4 Å². The van der Waals surface area contributed by atoms with E-state index in [2.05, 4.69) is 27.9 Å². The molecule has 1 aromatic heterocycles. The SMILES string of the molecule is CCCOc1ccc(OCC(=O)NCCCn2c(C)nc3ccccc32)cc1. The van der Waals surface area contributed by atoms with Crippen molar-refractivity contribution in [2.24, 2.45) is 0 Å². The van der Waals surface area contributed by atoms with Gasteiger partial charge in [-0.05, 0) is 56.2 Å². The lowest BCUT2D eigenvalue weighted by molar-refractivity contribution is -0.123. The van der Waals surface area contributed by atoms with Crippen LogP contribution in [0.5, 0.6) is 11.5 Å².